The summed E-state index contributed by atoms with van der Waals surface area (Å²) in [6, 6.07) is 5.11. The molecule has 0 aliphatic carbocycles. The van der Waals surface area contributed by atoms with Gasteiger partial charge in [-0.2, -0.15) is 0 Å². The molecule has 0 spiro atoms. The molecule has 2 atom stereocenters. The first kappa shape index (κ1) is 14.8. The zero-order chi connectivity index (χ0) is 14.0. The number of anilines is 1. The molecule has 1 heterocycles. The van der Waals surface area contributed by atoms with Gasteiger partial charge in [0, 0.05) is 22.8 Å². The van der Waals surface area contributed by atoms with E-state index in [4.69, 9.17) is 4.74 Å². The molecule has 1 saturated heterocycles. The van der Waals surface area contributed by atoms with Crippen molar-refractivity contribution in [3.8, 4) is 0 Å². The van der Waals surface area contributed by atoms with Crippen molar-refractivity contribution in [3.05, 3.63) is 28.2 Å². The van der Waals surface area contributed by atoms with Gasteiger partial charge in [0.25, 0.3) is 0 Å². The summed E-state index contributed by atoms with van der Waals surface area (Å²) in [5.74, 6) is -0.231. The summed E-state index contributed by atoms with van der Waals surface area (Å²) in [5, 5.41) is 12.9. The van der Waals surface area contributed by atoms with Crippen molar-refractivity contribution < 1.29 is 18.3 Å². The topological polar surface area (TPSA) is 75.6 Å². The van der Waals surface area contributed by atoms with Gasteiger partial charge >= 0.3 is 0 Å². The Morgan fingerprint density at radius 3 is 2.79 bits per heavy atom. The Hall–Kier alpha value is -0.630. The maximum absolute atomic E-state index is 11.5. The molecular formula is C12H16BrNO4S. The lowest BCUT2D eigenvalue weighted by molar-refractivity contribution is 0.183. The van der Waals surface area contributed by atoms with E-state index in [-0.39, 0.29) is 11.5 Å². The zero-order valence-electron chi connectivity index (χ0n) is 10.5. The van der Waals surface area contributed by atoms with E-state index in [0.29, 0.717) is 6.61 Å². The highest BCUT2D eigenvalue weighted by Crippen LogP contribution is 2.27. The van der Waals surface area contributed by atoms with E-state index in [2.05, 4.69) is 21.2 Å². The normalized spacial score (nSPS) is 25.4. The average molecular weight is 350 g/mol. The van der Waals surface area contributed by atoms with Crippen LogP contribution in [0.4, 0.5) is 5.69 Å². The Balaban J connectivity index is 2.22. The molecule has 0 aromatic heterocycles. The van der Waals surface area contributed by atoms with Crippen LogP contribution in [-0.2, 0) is 21.2 Å². The number of halogens is 1. The minimum Gasteiger partial charge on any atom is -0.390 e. The maximum Gasteiger partial charge on any atom is 0.155 e. The number of aliphatic hydroxyl groups is 1. The molecule has 19 heavy (non-hydrogen) atoms. The molecule has 7 heteroatoms. The molecule has 2 N–H and O–H groups in total. The van der Waals surface area contributed by atoms with Crippen LogP contribution in [0.25, 0.3) is 0 Å². The predicted molar refractivity (Wildman–Crippen MR) is 76.9 cm³/mol. The van der Waals surface area contributed by atoms with Crippen LogP contribution in [0, 0.1) is 0 Å². The number of nitrogens with one attached hydrogen (secondary N) is 1. The molecule has 0 radical (unpaired) electrons. The molecule has 1 aromatic carbocycles. The van der Waals surface area contributed by atoms with E-state index in [0.717, 1.165) is 15.7 Å². The van der Waals surface area contributed by atoms with Gasteiger partial charge in [0.15, 0.2) is 9.84 Å². The van der Waals surface area contributed by atoms with Gasteiger partial charge in [-0.3, -0.25) is 0 Å². The van der Waals surface area contributed by atoms with Gasteiger partial charge in [0.1, 0.15) is 0 Å². The predicted octanol–water partition coefficient (Wildman–Crippen LogP) is 1.17. The van der Waals surface area contributed by atoms with Crippen molar-refractivity contribution >= 4 is 31.5 Å². The van der Waals surface area contributed by atoms with Crippen molar-refractivity contribution in [1.29, 1.82) is 0 Å². The van der Waals surface area contributed by atoms with Crippen LogP contribution in [-0.4, -0.2) is 44.3 Å². The van der Waals surface area contributed by atoms with E-state index in [1.807, 2.05) is 18.2 Å². The first-order valence-corrected chi connectivity index (χ1v) is 8.46. The smallest absolute Gasteiger partial charge is 0.155 e. The van der Waals surface area contributed by atoms with Crippen LogP contribution in [0.1, 0.15) is 5.56 Å². The zero-order valence-corrected chi connectivity index (χ0v) is 12.9. The Kier molecular flexibility index (Phi) is 4.50. The molecule has 1 aliphatic rings. The van der Waals surface area contributed by atoms with Crippen LogP contribution in [0.3, 0.4) is 0 Å². The molecule has 1 fully saturated rings. The third-order valence-corrected chi connectivity index (χ3v) is 5.53. The fourth-order valence-corrected chi connectivity index (χ4v) is 4.37. The van der Waals surface area contributed by atoms with Gasteiger partial charge < -0.3 is 15.2 Å². The summed E-state index contributed by atoms with van der Waals surface area (Å²) in [6.45, 7) is 0.402. The first-order valence-electron chi connectivity index (χ1n) is 5.84. The third-order valence-electron chi connectivity index (χ3n) is 3.07. The second-order valence-electron chi connectivity index (χ2n) is 4.59. The lowest BCUT2D eigenvalue weighted by Gasteiger charge is -2.19. The average Bonchev–Trinajstić information content (AvgIpc) is 2.57. The van der Waals surface area contributed by atoms with Crippen molar-refractivity contribution in [2.24, 2.45) is 0 Å². The fourth-order valence-electron chi connectivity index (χ4n) is 2.15. The largest absolute Gasteiger partial charge is 0.390 e. The standard InChI is InChI=1S/C12H16BrNO4S/c1-18-5-8-9(13)3-2-4-10(8)14-11-6-19(16,17)7-12(11)15/h2-4,11-12,14-15H,5-7H2,1H3. The summed E-state index contributed by atoms with van der Waals surface area (Å²) < 4.78 is 29.0. The van der Waals surface area contributed by atoms with Crippen LogP contribution >= 0.6 is 15.9 Å². The monoisotopic (exact) mass is 349 g/mol. The Morgan fingerprint density at radius 2 is 2.21 bits per heavy atom. The van der Waals surface area contributed by atoms with E-state index in [1.165, 1.54) is 0 Å². The Bertz CT molecular complexity index is 561. The van der Waals surface area contributed by atoms with E-state index in [9.17, 15) is 13.5 Å². The van der Waals surface area contributed by atoms with Gasteiger partial charge in [0.2, 0.25) is 0 Å². The second kappa shape index (κ2) is 5.78. The molecular weight excluding hydrogens is 334 g/mol. The van der Waals surface area contributed by atoms with Crippen molar-refractivity contribution in [2.75, 3.05) is 23.9 Å². The highest BCUT2D eigenvalue weighted by atomic mass is 79.9. The fraction of sp³-hybridized carbons (Fsp3) is 0.500. The highest BCUT2D eigenvalue weighted by Gasteiger charge is 2.36. The number of ether oxygens (including phenoxy) is 1. The minimum absolute atomic E-state index is 0.0485. The number of hydrogen-bond donors (Lipinski definition) is 2. The van der Waals surface area contributed by atoms with E-state index < -0.39 is 22.0 Å². The van der Waals surface area contributed by atoms with Crippen molar-refractivity contribution in [2.45, 2.75) is 18.8 Å². The summed E-state index contributed by atoms with van der Waals surface area (Å²) in [4.78, 5) is 0. The Morgan fingerprint density at radius 1 is 1.47 bits per heavy atom. The molecule has 106 valence electrons. The van der Waals surface area contributed by atoms with Crippen LogP contribution in [0.2, 0.25) is 0 Å². The minimum atomic E-state index is -3.16. The van der Waals surface area contributed by atoms with Gasteiger partial charge in [-0.1, -0.05) is 22.0 Å². The number of sulfone groups is 1. The lowest BCUT2D eigenvalue weighted by atomic mass is 10.1. The number of rotatable bonds is 4. The molecule has 1 aromatic rings. The first-order chi connectivity index (χ1) is 8.93. The van der Waals surface area contributed by atoms with Crippen molar-refractivity contribution in [1.82, 2.24) is 0 Å². The SMILES string of the molecule is COCc1c(Br)cccc1NC1CS(=O)(=O)CC1O. The molecule has 5 nitrogen and oxygen atoms in total. The van der Waals surface area contributed by atoms with Gasteiger partial charge in [-0.25, -0.2) is 8.42 Å². The van der Waals surface area contributed by atoms with Gasteiger partial charge in [-0.15, -0.1) is 0 Å². The van der Waals surface area contributed by atoms with Crippen molar-refractivity contribution in [3.63, 3.8) is 0 Å². The Labute approximate surface area is 121 Å². The summed E-state index contributed by atoms with van der Waals surface area (Å²) >= 11 is 3.43. The van der Waals surface area contributed by atoms with Gasteiger partial charge in [-0.05, 0) is 12.1 Å². The van der Waals surface area contributed by atoms with Crippen LogP contribution in [0.5, 0.6) is 0 Å². The summed E-state index contributed by atoms with van der Waals surface area (Å²) in [7, 11) is -1.56. The highest BCUT2D eigenvalue weighted by molar-refractivity contribution is 9.10. The molecule has 0 bridgehead atoms. The molecule has 2 rings (SSSR count). The number of aliphatic hydroxyl groups excluding tert-OH is 1. The molecule has 2 unspecified atom stereocenters. The molecule has 0 amide bonds. The van der Waals surface area contributed by atoms with E-state index in [1.54, 1.807) is 7.11 Å². The number of benzene rings is 1. The van der Waals surface area contributed by atoms with E-state index >= 15 is 0 Å². The molecule has 0 saturated carbocycles. The third kappa shape index (κ3) is 3.47. The maximum atomic E-state index is 11.5. The second-order valence-corrected chi connectivity index (χ2v) is 7.60. The quantitative estimate of drug-likeness (QED) is 0.853. The number of hydrogen-bond acceptors (Lipinski definition) is 5. The number of methoxy groups -OCH3 is 1. The molecule has 1 aliphatic heterocycles. The van der Waals surface area contributed by atoms with Gasteiger partial charge in [0.05, 0.1) is 30.3 Å². The van der Waals surface area contributed by atoms with Crippen LogP contribution < -0.4 is 5.32 Å². The summed E-state index contributed by atoms with van der Waals surface area (Å²) in [5.41, 5.74) is 1.68. The summed E-state index contributed by atoms with van der Waals surface area (Å²) in [6.07, 6.45) is -0.876. The lowest BCUT2D eigenvalue weighted by Crippen LogP contribution is -2.32. The van der Waals surface area contributed by atoms with Crippen LogP contribution in [0.15, 0.2) is 22.7 Å².